The molecule has 5 nitrogen and oxygen atoms in total. The fourth-order valence-electron chi connectivity index (χ4n) is 2.83. The summed E-state index contributed by atoms with van der Waals surface area (Å²) in [4.78, 5) is 3.87. The number of hydrogen-bond donors (Lipinski definition) is 2. The molecule has 7 heteroatoms. The van der Waals surface area contributed by atoms with Gasteiger partial charge in [-0.25, -0.2) is 8.42 Å². The highest BCUT2D eigenvalue weighted by Crippen LogP contribution is 2.19. The molecule has 0 saturated carbocycles. The molecular formula is C19H23ClN3O2S+. The number of nitrogens with zero attached hydrogens (tertiary/aromatic N) is 1. The number of benzene rings is 2. The molecule has 0 atom stereocenters. The molecule has 138 valence electrons. The van der Waals surface area contributed by atoms with Crippen molar-refractivity contribution in [3.8, 4) is 0 Å². The number of hydrogen-bond acceptors (Lipinski definition) is 3. The second kappa shape index (κ2) is 8.12. The molecule has 1 saturated heterocycles. The molecule has 1 aliphatic rings. The third kappa shape index (κ3) is 5.24. The molecule has 0 amide bonds. The smallest absolute Gasteiger partial charge is 0.255 e. The number of sulfonamides is 1. The number of likely N-dealkylation sites (N-methyl/N-ethyl adjacent to an activating group) is 1. The topological polar surface area (TPSA) is 53.9 Å². The first kappa shape index (κ1) is 18.8. The van der Waals surface area contributed by atoms with Gasteiger partial charge in [-0.05, 0) is 48.0 Å². The monoisotopic (exact) mass is 392 g/mol. The van der Waals surface area contributed by atoms with Crippen molar-refractivity contribution in [3.63, 3.8) is 0 Å². The van der Waals surface area contributed by atoms with E-state index in [-0.39, 0.29) is 0 Å². The van der Waals surface area contributed by atoms with Gasteiger partial charge in [-0.15, -0.1) is 0 Å². The van der Waals surface area contributed by atoms with Crippen LogP contribution >= 0.6 is 11.6 Å². The second-order valence-corrected chi connectivity index (χ2v) is 8.50. The van der Waals surface area contributed by atoms with Gasteiger partial charge in [0.1, 0.15) is 0 Å². The zero-order valence-electron chi connectivity index (χ0n) is 14.7. The van der Waals surface area contributed by atoms with E-state index in [1.165, 1.54) is 4.90 Å². The van der Waals surface area contributed by atoms with Crippen molar-refractivity contribution in [1.82, 2.24) is 0 Å². The Bertz CT molecular complexity index is 857. The quantitative estimate of drug-likeness (QED) is 0.819. The normalized spacial score (nSPS) is 16.2. The van der Waals surface area contributed by atoms with E-state index in [9.17, 15) is 8.42 Å². The van der Waals surface area contributed by atoms with Crippen LogP contribution in [0.3, 0.4) is 0 Å². The van der Waals surface area contributed by atoms with Crippen LogP contribution < -0.4 is 14.5 Å². The Morgan fingerprint density at radius 1 is 1.04 bits per heavy atom. The van der Waals surface area contributed by atoms with Crippen molar-refractivity contribution in [2.75, 3.05) is 42.8 Å². The zero-order chi connectivity index (χ0) is 18.6. The first-order chi connectivity index (χ1) is 12.4. The fourth-order valence-corrected chi connectivity index (χ4v) is 3.82. The van der Waals surface area contributed by atoms with Crippen molar-refractivity contribution in [2.45, 2.75) is 0 Å². The molecule has 0 radical (unpaired) electrons. The maximum Gasteiger partial charge on any atom is 0.255 e. The molecule has 2 N–H and O–H groups in total. The van der Waals surface area contributed by atoms with E-state index in [1.54, 1.807) is 42.5 Å². The van der Waals surface area contributed by atoms with Crippen LogP contribution in [0.4, 0.5) is 11.4 Å². The highest BCUT2D eigenvalue weighted by molar-refractivity contribution is 7.95. The SMILES string of the molecule is C[NH+]1CCN(c2ccc(NS(=O)(=O)/C=C/c3ccc(Cl)cc3)cc2)CC1. The molecule has 0 unspecified atom stereocenters. The number of anilines is 2. The predicted molar refractivity (Wildman–Crippen MR) is 108 cm³/mol. The van der Waals surface area contributed by atoms with Crippen molar-refractivity contribution in [3.05, 3.63) is 64.5 Å². The first-order valence-electron chi connectivity index (χ1n) is 8.54. The molecular weight excluding hydrogens is 370 g/mol. The van der Waals surface area contributed by atoms with Crippen molar-refractivity contribution in [1.29, 1.82) is 0 Å². The summed E-state index contributed by atoms with van der Waals surface area (Å²) >= 11 is 5.83. The number of rotatable bonds is 5. The lowest BCUT2D eigenvalue weighted by atomic mass is 10.2. The Labute approximate surface area is 159 Å². The van der Waals surface area contributed by atoms with Gasteiger partial charge in [0.05, 0.1) is 38.6 Å². The van der Waals surface area contributed by atoms with Gasteiger partial charge in [0.15, 0.2) is 0 Å². The van der Waals surface area contributed by atoms with Crippen LogP contribution in [0.5, 0.6) is 0 Å². The number of piperazine rings is 1. The summed E-state index contributed by atoms with van der Waals surface area (Å²) in [5.74, 6) is 0. The van der Waals surface area contributed by atoms with Gasteiger partial charge in [-0.3, -0.25) is 4.72 Å². The second-order valence-electron chi connectivity index (χ2n) is 6.49. The molecule has 2 aromatic rings. The maximum atomic E-state index is 12.2. The Balaban J connectivity index is 1.63. The van der Waals surface area contributed by atoms with Gasteiger partial charge >= 0.3 is 0 Å². The molecule has 1 aliphatic heterocycles. The summed E-state index contributed by atoms with van der Waals surface area (Å²) in [6, 6.07) is 14.5. The van der Waals surface area contributed by atoms with Gasteiger partial charge in [-0.1, -0.05) is 23.7 Å². The molecule has 0 aromatic heterocycles. The summed E-state index contributed by atoms with van der Waals surface area (Å²) in [5, 5.41) is 1.78. The maximum absolute atomic E-state index is 12.2. The van der Waals surface area contributed by atoms with Crippen molar-refractivity contribution < 1.29 is 13.3 Å². The van der Waals surface area contributed by atoms with E-state index < -0.39 is 10.0 Å². The molecule has 0 aliphatic carbocycles. The predicted octanol–water partition coefficient (Wildman–Crippen LogP) is 2.09. The van der Waals surface area contributed by atoms with Crippen LogP contribution in [0.15, 0.2) is 53.9 Å². The van der Waals surface area contributed by atoms with E-state index in [1.807, 2.05) is 12.1 Å². The summed E-state index contributed by atoms with van der Waals surface area (Å²) in [5.41, 5.74) is 2.44. The summed E-state index contributed by atoms with van der Waals surface area (Å²) in [6.07, 6.45) is 1.54. The summed E-state index contributed by atoms with van der Waals surface area (Å²) in [7, 11) is -1.37. The van der Waals surface area contributed by atoms with Crippen LogP contribution in [-0.4, -0.2) is 41.6 Å². The van der Waals surface area contributed by atoms with Crippen molar-refractivity contribution >= 4 is 39.1 Å². The third-order valence-corrected chi connectivity index (χ3v) is 5.69. The minimum Gasteiger partial charge on any atom is -0.360 e. The van der Waals surface area contributed by atoms with E-state index >= 15 is 0 Å². The minimum atomic E-state index is -3.57. The van der Waals surface area contributed by atoms with Crippen LogP contribution in [0.2, 0.25) is 5.02 Å². The average molecular weight is 393 g/mol. The molecule has 0 spiro atoms. The number of nitrogens with one attached hydrogen (secondary N) is 2. The highest BCUT2D eigenvalue weighted by Gasteiger charge is 2.16. The van der Waals surface area contributed by atoms with E-state index in [4.69, 9.17) is 11.6 Å². The lowest BCUT2D eigenvalue weighted by Crippen LogP contribution is -3.12. The molecule has 0 bridgehead atoms. The van der Waals surface area contributed by atoms with Gasteiger partial charge in [0.2, 0.25) is 0 Å². The van der Waals surface area contributed by atoms with Crippen LogP contribution in [-0.2, 0) is 10.0 Å². The lowest BCUT2D eigenvalue weighted by molar-refractivity contribution is -0.880. The zero-order valence-corrected chi connectivity index (χ0v) is 16.2. The minimum absolute atomic E-state index is 0.550. The molecule has 1 heterocycles. The van der Waals surface area contributed by atoms with Gasteiger partial charge in [0.25, 0.3) is 10.0 Å². The Morgan fingerprint density at radius 3 is 2.27 bits per heavy atom. The van der Waals surface area contributed by atoms with Crippen molar-refractivity contribution in [2.24, 2.45) is 0 Å². The number of quaternary nitrogens is 1. The molecule has 1 fully saturated rings. The largest absolute Gasteiger partial charge is 0.360 e. The van der Waals surface area contributed by atoms with Gasteiger partial charge in [0, 0.05) is 16.4 Å². The van der Waals surface area contributed by atoms with Crippen LogP contribution in [0, 0.1) is 0 Å². The van der Waals surface area contributed by atoms with E-state index in [0.29, 0.717) is 10.7 Å². The fraction of sp³-hybridized carbons (Fsp3) is 0.263. The average Bonchev–Trinajstić information content (AvgIpc) is 2.62. The molecule has 26 heavy (non-hydrogen) atoms. The Kier molecular flexibility index (Phi) is 5.86. The highest BCUT2D eigenvalue weighted by atomic mass is 35.5. The Hall–Kier alpha value is -2.02. The lowest BCUT2D eigenvalue weighted by Gasteiger charge is -2.31. The summed E-state index contributed by atoms with van der Waals surface area (Å²) < 4.78 is 27.0. The molecule has 2 aromatic carbocycles. The van der Waals surface area contributed by atoms with Crippen LogP contribution in [0.25, 0.3) is 6.08 Å². The Morgan fingerprint density at radius 2 is 1.65 bits per heavy atom. The van der Waals surface area contributed by atoms with E-state index in [0.717, 1.165) is 42.8 Å². The van der Waals surface area contributed by atoms with E-state index in [2.05, 4.69) is 16.7 Å². The summed E-state index contributed by atoms with van der Waals surface area (Å²) in [6.45, 7) is 4.26. The van der Waals surface area contributed by atoms with Crippen LogP contribution in [0.1, 0.15) is 5.56 Å². The molecule has 3 rings (SSSR count). The first-order valence-corrected chi connectivity index (χ1v) is 10.5. The third-order valence-electron chi connectivity index (χ3n) is 4.42. The standard InChI is InChI=1S/C19H22ClN3O2S/c1-22-11-13-23(14-12-22)19-8-6-18(7-9-19)21-26(24,25)15-10-16-2-4-17(20)5-3-16/h2-10,15,21H,11-14H2,1H3/p+1/b15-10+. The van der Waals surface area contributed by atoms with Gasteiger partial charge in [-0.2, -0.15) is 0 Å². The number of halogens is 1. The van der Waals surface area contributed by atoms with Gasteiger partial charge < -0.3 is 9.80 Å².